The molecular formula is C15H27N3O3. The number of carbonyl (C=O) groups is 2. The van der Waals surface area contributed by atoms with Crippen LogP contribution in [0.25, 0.3) is 0 Å². The number of likely N-dealkylation sites (N-methyl/N-ethyl adjacent to an activating group) is 1. The number of rotatable bonds is 1. The summed E-state index contributed by atoms with van der Waals surface area (Å²) in [4.78, 5) is 29.8. The molecule has 2 amide bonds. The van der Waals surface area contributed by atoms with Crippen LogP contribution in [0.15, 0.2) is 0 Å². The molecule has 1 N–H and O–H groups in total. The van der Waals surface area contributed by atoms with Crippen molar-refractivity contribution < 1.29 is 14.7 Å². The number of aliphatic carboxylic acids is 1. The van der Waals surface area contributed by atoms with E-state index in [9.17, 15) is 9.59 Å². The zero-order valence-corrected chi connectivity index (χ0v) is 13.5. The number of hydrogen-bond acceptors (Lipinski definition) is 3. The fourth-order valence-electron chi connectivity index (χ4n) is 3.27. The third-order valence-corrected chi connectivity index (χ3v) is 5.06. The van der Waals surface area contributed by atoms with E-state index in [-0.39, 0.29) is 23.5 Å². The number of piperazine rings is 1. The Morgan fingerprint density at radius 3 is 2.38 bits per heavy atom. The molecule has 2 saturated heterocycles. The van der Waals surface area contributed by atoms with Gasteiger partial charge in [0.2, 0.25) is 0 Å². The van der Waals surface area contributed by atoms with Gasteiger partial charge in [-0.2, -0.15) is 0 Å². The van der Waals surface area contributed by atoms with Crippen molar-refractivity contribution in [2.75, 3.05) is 33.2 Å². The Kier molecular flexibility index (Phi) is 4.46. The highest BCUT2D eigenvalue weighted by molar-refractivity contribution is 5.76. The molecule has 2 fully saturated rings. The molecule has 2 atom stereocenters. The summed E-state index contributed by atoms with van der Waals surface area (Å²) in [6.07, 6.45) is 1.11. The predicted octanol–water partition coefficient (Wildman–Crippen LogP) is 1.32. The number of carbonyl (C=O) groups excluding carboxylic acids is 1. The molecule has 2 rings (SSSR count). The number of nitrogens with zero attached hydrogens (tertiary/aromatic N) is 3. The molecule has 120 valence electrons. The van der Waals surface area contributed by atoms with Crippen molar-refractivity contribution in [3.05, 3.63) is 0 Å². The number of carboxylic acid groups (broad SMARTS) is 1. The van der Waals surface area contributed by atoms with Gasteiger partial charge in [0, 0.05) is 37.8 Å². The maximum Gasteiger partial charge on any atom is 0.320 e. The van der Waals surface area contributed by atoms with E-state index < -0.39 is 5.97 Å². The van der Waals surface area contributed by atoms with Crippen LogP contribution in [0.1, 0.15) is 33.6 Å². The molecule has 2 aliphatic rings. The Hall–Kier alpha value is -1.30. The van der Waals surface area contributed by atoms with Gasteiger partial charge in [-0.1, -0.05) is 0 Å². The summed E-state index contributed by atoms with van der Waals surface area (Å²) >= 11 is 0. The highest BCUT2D eigenvalue weighted by Crippen LogP contribution is 2.26. The second kappa shape index (κ2) is 5.83. The largest absolute Gasteiger partial charge is 0.481 e. The lowest BCUT2D eigenvalue weighted by atomic mass is 9.92. The summed E-state index contributed by atoms with van der Waals surface area (Å²) in [5.41, 5.74) is -0.0173. The topological polar surface area (TPSA) is 64.1 Å². The van der Waals surface area contributed by atoms with Crippen molar-refractivity contribution in [2.45, 2.75) is 45.2 Å². The minimum Gasteiger partial charge on any atom is -0.481 e. The third-order valence-electron chi connectivity index (χ3n) is 5.06. The number of piperidine rings is 1. The lowest BCUT2D eigenvalue weighted by molar-refractivity contribution is -0.143. The van der Waals surface area contributed by atoms with Gasteiger partial charge in [0.25, 0.3) is 0 Å². The maximum absolute atomic E-state index is 12.7. The van der Waals surface area contributed by atoms with Crippen molar-refractivity contribution in [3.63, 3.8) is 0 Å². The molecule has 0 aromatic rings. The third kappa shape index (κ3) is 3.31. The van der Waals surface area contributed by atoms with Gasteiger partial charge in [0.15, 0.2) is 0 Å². The van der Waals surface area contributed by atoms with E-state index in [2.05, 4.69) is 25.8 Å². The van der Waals surface area contributed by atoms with Gasteiger partial charge in [0.1, 0.15) is 0 Å². The Morgan fingerprint density at radius 1 is 1.19 bits per heavy atom. The average Bonchev–Trinajstić information content (AvgIpc) is 2.40. The van der Waals surface area contributed by atoms with Crippen LogP contribution in [0.2, 0.25) is 0 Å². The molecule has 0 aromatic heterocycles. The second-order valence-corrected chi connectivity index (χ2v) is 7.04. The van der Waals surface area contributed by atoms with Crippen LogP contribution in [0.5, 0.6) is 0 Å². The van der Waals surface area contributed by atoms with Crippen LogP contribution in [0.3, 0.4) is 0 Å². The quantitative estimate of drug-likeness (QED) is 0.793. The molecule has 6 heteroatoms. The van der Waals surface area contributed by atoms with E-state index in [1.54, 1.807) is 0 Å². The summed E-state index contributed by atoms with van der Waals surface area (Å²) in [6, 6.07) is 0.0580. The van der Waals surface area contributed by atoms with Crippen LogP contribution in [-0.2, 0) is 4.79 Å². The maximum atomic E-state index is 12.7. The van der Waals surface area contributed by atoms with Gasteiger partial charge >= 0.3 is 12.0 Å². The monoisotopic (exact) mass is 297 g/mol. The number of urea groups is 1. The summed E-state index contributed by atoms with van der Waals surface area (Å²) < 4.78 is 0. The first-order valence-corrected chi connectivity index (χ1v) is 7.72. The Morgan fingerprint density at radius 2 is 1.86 bits per heavy atom. The van der Waals surface area contributed by atoms with E-state index in [0.29, 0.717) is 25.9 Å². The molecule has 21 heavy (non-hydrogen) atoms. The average molecular weight is 297 g/mol. The molecule has 0 aromatic carbocycles. The Labute approximate surface area is 126 Å². The van der Waals surface area contributed by atoms with Gasteiger partial charge in [-0.25, -0.2) is 4.79 Å². The summed E-state index contributed by atoms with van der Waals surface area (Å²) in [6.45, 7) is 9.12. The number of hydrogen-bond donors (Lipinski definition) is 1. The van der Waals surface area contributed by atoms with Crippen molar-refractivity contribution in [1.82, 2.24) is 14.7 Å². The normalized spacial score (nSPS) is 30.3. The molecule has 0 spiro atoms. The highest BCUT2D eigenvalue weighted by atomic mass is 16.4. The van der Waals surface area contributed by atoms with E-state index in [1.807, 2.05) is 16.7 Å². The Bertz CT molecular complexity index is 424. The molecule has 0 radical (unpaired) electrons. The molecule has 0 saturated carbocycles. The Balaban J connectivity index is 1.99. The van der Waals surface area contributed by atoms with Crippen LogP contribution in [-0.4, -0.2) is 76.6 Å². The highest BCUT2D eigenvalue weighted by Gasteiger charge is 2.38. The minimum absolute atomic E-state index is 0.00452. The van der Waals surface area contributed by atoms with E-state index >= 15 is 0 Å². The summed E-state index contributed by atoms with van der Waals surface area (Å²) in [7, 11) is 2.09. The molecule has 2 aliphatic heterocycles. The summed E-state index contributed by atoms with van der Waals surface area (Å²) in [5, 5.41) is 9.11. The first kappa shape index (κ1) is 16.1. The first-order valence-electron chi connectivity index (χ1n) is 7.72. The van der Waals surface area contributed by atoms with Crippen molar-refractivity contribution >= 4 is 12.0 Å². The SMILES string of the molecule is CC1CC(C(=O)O)CCN1C(=O)N1CCN(C)C(C)(C)C1. The van der Waals surface area contributed by atoms with E-state index in [4.69, 9.17) is 5.11 Å². The molecule has 0 aliphatic carbocycles. The number of amides is 2. The zero-order valence-electron chi connectivity index (χ0n) is 13.5. The van der Waals surface area contributed by atoms with Gasteiger partial charge in [-0.05, 0) is 40.7 Å². The molecule has 6 nitrogen and oxygen atoms in total. The van der Waals surface area contributed by atoms with E-state index in [0.717, 1.165) is 13.1 Å². The van der Waals surface area contributed by atoms with Crippen molar-refractivity contribution in [3.8, 4) is 0 Å². The standard InChI is InChI=1S/C15H27N3O3/c1-11-9-12(13(19)20)5-6-18(11)14(21)17-8-7-16(4)15(2,3)10-17/h11-12H,5-10H2,1-4H3,(H,19,20). The lowest BCUT2D eigenvalue weighted by Gasteiger charge is -2.47. The number of likely N-dealkylation sites (tertiary alicyclic amines) is 1. The van der Waals surface area contributed by atoms with Crippen molar-refractivity contribution in [2.24, 2.45) is 5.92 Å². The van der Waals surface area contributed by atoms with Crippen LogP contribution < -0.4 is 0 Å². The van der Waals surface area contributed by atoms with Gasteiger partial charge in [-0.3, -0.25) is 9.69 Å². The molecule has 0 bridgehead atoms. The van der Waals surface area contributed by atoms with E-state index in [1.165, 1.54) is 0 Å². The van der Waals surface area contributed by atoms with Gasteiger partial charge in [-0.15, -0.1) is 0 Å². The fourth-order valence-corrected chi connectivity index (χ4v) is 3.27. The van der Waals surface area contributed by atoms with Crippen LogP contribution >= 0.6 is 0 Å². The fraction of sp³-hybridized carbons (Fsp3) is 0.867. The smallest absolute Gasteiger partial charge is 0.320 e. The van der Waals surface area contributed by atoms with Gasteiger partial charge < -0.3 is 14.9 Å². The molecule has 2 unspecified atom stereocenters. The van der Waals surface area contributed by atoms with Crippen LogP contribution in [0.4, 0.5) is 4.79 Å². The molecule has 2 heterocycles. The lowest BCUT2D eigenvalue weighted by Crippen LogP contribution is -2.62. The second-order valence-electron chi connectivity index (χ2n) is 7.04. The summed E-state index contributed by atoms with van der Waals surface area (Å²) in [5.74, 6) is -1.05. The zero-order chi connectivity index (χ0) is 15.8. The number of carboxylic acids is 1. The minimum atomic E-state index is -0.741. The van der Waals surface area contributed by atoms with Crippen LogP contribution in [0, 0.1) is 5.92 Å². The first-order chi connectivity index (χ1) is 9.72. The van der Waals surface area contributed by atoms with Gasteiger partial charge in [0.05, 0.1) is 5.92 Å². The van der Waals surface area contributed by atoms with Crippen molar-refractivity contribution in [1.29, 1.82) is 0 Å². The molecular weight excluding hydrogens is 270 g/mol. The predicted molar refractivity (Wildman–Crippen MR) is 80.2 cm³/mol.